The molecule has 0 radical (unpaired) electrons. The number of aromatic hydroxyl groups is 1. The van der Waals surface area contributed by atoms with Crippen molar-refractivity contribution in [1.82, 2.24) is 0 Å². The smallest absolute Gasteiger partial charge is 0.220 e. The standard InChI is InChI=1S/C24H33NO3/c1-5-6-7-8-16-14-19-21(22(26)20(16)23-25-11-12-27-23)17-13-15(2)9-10-18(17)24(3,4)28-19/h13-14,17-18,26H,5-12H2,1-4H3. The van der Waals surface area contributed by atoms with Crippen LogP contribution in [0, 0.1) is 5.92 Å². The molecule has 1 aliphatic carbocycles. The molecule has 4 rings (SSSR count). The minimum Gasteiger partial charge on any atom is -0.507 e. The van der Waals surface area contributed by atoms with Crippen molar-refractivity contribution < 1.29 is 14.6 Å². The largest absolute Gasteiger partial charge is 0.507 e. The SMILES string of the molecule is CCCCCc1cc2c(c(O)c1C1=NCCO1)C1C=C(C)CCC1C(C)(C)O2. The summed E-state index contributed by atoms with van der Waals surface area (Å²) in [6, 6.07) is 2.15. The van der Waals surface area contributed by atoms with Crippen LogP contribution in [0.15, 0.2) is 22.7 Å². The normalized spacial score (nSPS) is 25.1. The quantitative estimate of drug-likeness (QED) is 0.538. The maximum Gasteiger partial charge on any atom is 0.220 e. The Kier molecular flexibility index (Phi) is 5.15. The zero-order valence-corrected chi connectivity index (χ0v) is 17.7. The highest BCUT2D eigenvalue weighted by Gasteiger charge is 2.46. The van der Waals surface area contributed by atoms with E-state index in [4.69, 9.17) is 9.47 Å². The van der Waals surface area contributed by atoms with Crippen molar-refractivity contribution in [1.29, 1.82) is 0 Å². The van der Waals surface area contributed by atoms with E-state index in [1.807, 2.05) is 0 Å². The number of benzene rings is 1. The van der Waals surface area contributed by atoms with Gasteiger partial charge in [0.05, 0.1) is 12.1 Å². The summed E-state index contributed by atoms with van der Waals surface area (Å²) in [5, 5.41) is 11.5. The molecule has 1 aromatic rings. The zero-order chi connectivity index (χ0) is 19.9. The van der Waals surface area contributed by atoms with Gasteiger partial charge < -0.3 is 14.6 Å². The summed E-state index contributed by atoms with van der Waals surface area (Å²) in [6.45, 7) is 10.0. The molecule has 152 valence electrons. The van der Waals surface area contributed by atoms with E-state index in [0.29, 0.717) is 30.7 Å². The predicted molar refractivity (Wildman–Crippen MR) is 113 cm³/mol. The van der Waals surface area contributed by atoms with Gasteiger partial charge in [0.25, 0.3) is 0 Å². The number of phenolic OH excluding ortho intramolecular Hbond substituents is 1. The highest BCUT2D eigenvalue weighted by Crippen LogP contribution is 2.54. The Hall–Kier alpha value is -1.97. The second kappa shape index (κ2) is 7.46. The van der Waals surface area contributed by atoms with Crippen molar-refractivity contribution in [3.8, 4) is 11.5 Å². The Morgan fingerprint density at radius 1 is 1.29 bits per heavy atom. The molecule has 0 amide bonds. The van der Waals surface area contributed by atoms with Crippen LogP contribution in [-0.2, 0) is 11.2 Å². The third-order valence-corrected chi connectivity index (χ3v) is 6.58. The Morgan fingerprint density at radius 3 is 2.82 bits per heavy atom. The Morgan fingerprint density at radius 2 is 2.11 bits per heavy atom. The fourth-order valence-electron chi connectivity index (χ4n) is 5.10. The minimum atomic E-state index is -0.245. The summed E-state index contributed by atoms with van der Waals surface area (Å²) in [5.41, 5.74) is 3.97. The van der Waals surface area contributed by atoms with E-state index in [0.717, 1.165) is 48.1 Å². The van der Waals surface area contributed by atoms with Crippen LogP contribution < -0.4 is 4.74 Å². The van der Waals surface area contributed by atoms with Gasteiger partial charge in [0.2, 0.25) is 5.90 Å². The Balaban J connectivity index is 1.86. The molecule has 3 aliphatic rings. The van der Waals surface area contributed by atoms with Gasteiger partial charge in [-0.15, -0.1) is 0 Å². The molecule has 4 heteroatoms. The maximum atomic E-state index is 11.5. The van der Waals surface area contributed by atoms with Gasteiger partial charge in [0.1, 0.15) is 23.7 Å². The summed E-state index contributed by atoms with van der Waals surface area (Å²) in [6.07, 6.45) is 8.86. The number of unbranched alkanes of at least 4 members (excludes halogenated alkanes) is 2. The van der Waals surface area contributed by atoms with Crippen molar-refractivity contribution in [2.75, 3.05) is 13.2 Å². The van der Waals surface area contributed by atoms with Gasteiger partial charge in [0.15, 0.2) is 0 Å². The average Bonchev–Trinajstić information content (AvgIpc) is 3.15. The number of phenols is 1. The predicted octanol–water partition coefficient (Wildman–Crippen LogP) is 5.51. The van der Waals surface area contributed by atoms with E-state index in [1.54, 1.807) is 0 Å². The monoisotopic (exact) mass is 383 g/mol. The third-order valence-electron chi connectivity index (χ3n) is 6.58. The van der Waals surface area contributed by atoms with E-state index in [9.17, 15) is 5.11 Å². The Labute approximate surface area is 168 Å². The van der Waals surface area contributed by atoms with Crippen LogP contribution in [0.5, 0.6) is 11.5 Å². The van der Waals surface area contributed by atoms with Crippen LogP contribution in [0.1, 0.15) is 82.4 Å². The molecule has 0 spiro atoms. The van der Waals surface area contributed by atoms with Gasteiger partial charge in [-0.05, 0) is 58.1 Å². The van der Waals surface area contributed by atoms with E-state index in [-0.39, 0.29) is 11.5 Å². The summed E-state index contributed by atoms with van der Waals surface area (Å²) >= 11 is 0. The number of ether oxygens (including phenoxy) is 2. The van der Waals surface area contributed by atoms with Gasteiger partial charge in [-0.2, -0.15) is 0 Å². The van der Waals surface area contributed by atoms with Gasteiger partial charge in [-0.3, -0.25) is 0 Å². The van der Waals surface area contributed by atoms with Gasteiger partial charge >= 0.3 is 0 Å². The first-order chi connectivity index (χ1) is 13.4. The number of aryl methyl sites for hydroxylation is 1. The van der Waals surface area contributed by atoms with Crippen LogP contribution in [0.4, 0.5) is 0 Å². The topological polar surface area (TPSA) is 51.1 Å². The number of fused-ring (bicyclic) bond motifs is 3. The Bertz CT molecular complexity index is 822. The molecule has 2 atom stereocenters. The number of hydrogen-bond acceptors (Lipinski definition) is 4. The van der Waals surface area contributed by atoms with Crippen LogP contribution in [-0.4, -0.2) is 29.8 Å². The van der Waals surface area contributed by atoms with E-state index < -0.39 is 0 Å². The maximum absolute atomic E-state index is 11.5. The highest BCUT2D eigenvalue weighted by molar-refractivity contribution is 6.00. The van der Waals surface area contributed by atoms with E-state index >= 15 is 0 Å². The van der Waals surface area contributed by atoms with Crippen LogP contribution >= 0.6 is 0 Å². The third kappa shape index (κ3) is 3.31. The lowest BCUT2D eigenvalue weighted by Gasteiger charge is -2.46. The second-order valence-electron chi connectivity index (χ2n) is 9.05. The molecular weight excluding hydrogens is 350 g/mol. The molecule has 1 N–H and O–H groups in total. The van der Waals surface area contributed by atoms with Crippen molar-refractivity contribution >= 4 is 5.90 Å². The molecule has 28 heavy (non-hydrogen) atoms. The molecule has 0 fully saturated rings. The van der Waals surface area contributed by atoms with Crippen LogP contribution in [0.25, 0.3) is 0 Å². The minimum absolute atomic E-state index is 0.179. The van der Waals surface area contributed by atoms with E-state index in [2.05, 4.69) is 44.8 Å². The molecule has 2 aliphatic heterocycles. The zero-order valence-electron chi connectivity index (χ0n) is 17.7. The molecule has 0 saturated carbocycles. The highest BCUT2D eigenvalue weighted by atomic mass is 16.5. The molecule has 4 nitrogen and oxygen atoms in total. The van der Waals surface area contributed by atoms with Crippen molar-refractivity contribution in [2.45, 2.75) is 77.7 Å². The molecule has 2 unspecified atom stereocenters. The first kappa shape index (κ1) is 19.4. The van der Waals surface area contributed by atoms with E-state index in [1.165, 1.54) is 18.4 Å². The van der Waals surface area contributed by atoms with Gasteiger partial charge in [0, 0.05) is 17.4 Å². The van der Waals surface area contributed by atoms with Crippen molar-refractivity contribution in [3.05, 3.63) is 34.4 Å². The summed E-state index contributed by atoms with van der Waals surface area (Å²) in [4.78, 5) is 4.53. The number of hydrogen-bond donors (Lipinski definition) is 1. The lowest BCUT2D eigenvalue weighted by Crippen LogP contribution is -2.45. The average molecular weight is 384 g/mol. The molecule has 0 aromatic heterocycles. The molecular formula is C24H33NO3. The van der Waals surface area contributed by atoms with Gasteiger partial charge in [-0.1, -0.05) is 31.4 Å². The molecule has 0 saturated heterocycles. The molecule has 0 bridgehead atoms. The molecule has 2 heterocycles. The number of allylic oxidation sites excluding steroid dienone is 2. The number of aliphatic imine (C=N–C) groups is 1. The van der Waals surface area contributed by atoms with Gasteiger partial charge in [-0.25, -0.2) is 4.99 Å². The van der Waals surface area contributed by atoms with Crippen molar-refractivity contribution in [3.63, 3.8) is 0 Å². The number of nitrogens with zero attached hydrogens (tertiary/aromatic N) is 1. The van der Waals surface area contributed by atoms with Crippen LogP contribution in [0.2, 0.25) is 0 Å². The number of rotatable bonds is 5. The fraction of sp³-hybridized carbons (Fsp3) is 0.625. The first-order valence-electron chi connectivity index (χ1n) is 10.8. The first-order valence-corrected chi connectivity index (χ1v) is 10.8. The second-order valence-corrected chi connectivity index (χ2v) is 9.05. The fourth-order valence-corrected chi connectivity index (χ4v) is 5.10. The summed E-state index contributed by atoms with van der Waals surface area (Å²) < 4.78 is 12.3. The summed E-state index contributed by atoms with van der Waals surface area (Å²) in [5.74, 6) is 2.30. The molecule has 1 aromatic carbocycles. The lowest BCUT2D eigenvalue weighted by molar-refractivity contribution is 0.0107. The lowest BCUT2D eigenvalue weighted by atomic mass is 9.67. The van der Waals surface area contributed by atoms with Crippen molar-refractivity contribution in [2.24, 2.45) is 10.9 Å². The van der Waals surface area contributed by atoms with Crippen LogP contribution in [0.3, 0.4) is 0 Å². The summed E-state index contributed by atoms with van der Waals surface area (Å²) in [7, 11) is 0.